The molecule has 0 spiro atoms. The average Bonchev–Trinajstić information content (AvgIpc) is 2.38. The lowest BCUT2D eigenvalue weighted by Crippen LogP contribution is -1.94. The van der Waals surface area contributed by atoms with Crippen LogP contribution in [0.3, 0.4) is 0 Å². The average molecular weight is 236 g/mol. The third kappa shape index (κ3) is 1.73. The van der Waals surface area contributed by atoms with E-state index in [2.05, 4.69) is 9.97 Å². The van der Waals surface area contributed by atoms with Crippen LogP contribution in [-0.4, -0.2) is 9.97 Å². The minimum absolute atomic E-state index is 0.428. The SMILES string of the molecule is Nc1ccc(-c2cccc3nc(N)cnc23)cc1. The number of anilines is 2. The molecular weight excluding hydrogens is 224 g/mol. The summed E-state index contributed by atoms with van der Waals surface area (Å²) < 4.78 is 0. The van der Waals surface area contributed by atoms with Crippen molar-refractivity contribution in [2.75, 3.05) is 11.5 Å². The molecule has 4 nitrogen and oxygen atoms in total. The van der Waals surface area contributed by atoms with Crippen LogP contribution in [0.4, 0.5) is 11.5 Å². The van der Waals surface area contributed by atoms with Crippen LogP contribution in [0, 0.1) is 0 Å². The number of rotatable bonds is 1. The number of nitrogen functional groups attached to an aromatic ring is 2. The van der Waals surface area contributed by atoms with Gasteiger partial charge in [0.25, 0.3) is 0 Å². The smallest absolute Gasteiger partial charge is 0.142 e. The maximum Gasteiger partial charge on any atom is 0.142 e. The van der Waals surface area contributed by atoms with Gasteiger partial charge in [-0.3, -0.25) is 4.98 Å². The van der Waals surface area contributed by atoms with Gasteiger partial charge in [-0.1, -0.05) is 24.3 Å². The van der Waals surface area contributed by atoms with Gasteiger partial charge in [0.2, 0.25) is 0 Å². The molecule has 0 unspecified atom stereocenters. The second kappa shape index (κ2) is 4.00. The Morgan fingerprint density at radius 2 is 1.67 bits per heavy atom. The van der Waals surface area contributed by atoms with E-state index in [1.165, 1.54) is 0 Å². The number of para-hydroxylation sites is 1. The Labute approximate surface area is 104 Å². The summed E-state index contributed by atoms with van der Waals surface area (Å²) in [5, 5.41) is 0. The van der Waals surface area contributed by atoms with E-state index in [-0.39, 0.29) is 0 Å². The number of hydrogen-bond acceptors (Lipinski definition) is 4. The maximum atomic E-state index is 5.69. The summed E-state index contributed by atoms with van der Waals surface area (Å²) in [6.07, 6.45) is 1.57. The van der Waals surface area contributed by atoms with Crippen LogP contribution in [0.25, 0.3) is 22.2 Å². The summed E-state index contributed by atoms with van der Waals surface area (Å²) in [5.41, 5.74) is 15.8. The van der Waals surface area contributed by atoms with Crippen molar-refractivity contribution in [2.45, 2.75) is 0 Å². The molecule has 88 valence electrons. The first kappa shape index (κ1) is 10.5. The fraction of sp³-hybridized carbons (Fsp3) is 0. The largest absolute Gasteiger partial charge is 0.399 e. The first-order valence-corrected chi connectivity index (χ1v) is 5.61. The molecule has 0 aliphatic rings. The summed E-state index contributed by atoms with van der Waals surface area (Å²) in [6.45, 7) is 0. The minimum Gasteiger partial charge on any atom is -0.399 e. The van der Waals surface area contributed by atoms with E-state index in [0.717, 1.165) is 27.8 Å². The van der Waals surface area contributed by atoms with Gasteiger partial charge in [0.05, 0.1) is 17.2 Å². The molecule has 0 bridgehead atoms. The van der Waals surface area contributed by atoms with Crippen LogP contribution in [0.5, 0.6) is 0 Å². The van der Waals surface area contributed by atoms with Crippen LogP contribution in [0.15, 0.2) is 48.7 Å². The van der Waals surface area contributed by atoms with Crippen molar-refractivity contribution in [1.29, 1.82) is 0 Å². The maximum absolute atomic E-state index is 5.69. The van der Waals surface area contributed by atoms with E-state index in [1.54, 1.807) is 6.20 Å². The second-order valence-electron chi connectivity index (χ2n) is 4.09. The lowest BCUT2D eigenvalue weighted by molar-refractivity contribution is 1.30. The van der Waals surface area contributed by atoms with E-state index < -0.39 is 0 Å². The Bertz CT molecular complexity index is 705. The summed E-state index contributed by atoms with van der Waals surface area (Å²) in [6, 6.07) is 13.6. The zero-order valence-electron chi connectivity index (χ0n) is 9.67. The summed E-state index contributed by atoms with van der Waals surface area (Å²) in [7, 11) is 0. The number of nitrogens with two attached hydrogens (primary N) is 2. The summed E-state index contributed by atoms with van der Waals surface area (Å²) in [5.74, 6) is 0.428. The molecule has 0 saturated heterocycles. The van der Waals surface area contributed by atoms with Crippen LogP contribution in [-0.2, 0) is 0 Å². The van der Waals surface area contributed by atoms with Crippen molar-refractivity contribution in [2.24, 2.45) is 0 Å². The molecule has 1 aromatic heterocycles. The van der Waals surface area contributed by atoms with Gasteiger partial charge in [-0.2, -0.15) is 0 Å². The molecule has 0 radical (unpaired) electrons. The molecule has 0 aliphatic carbocycles. The first-order chi connectivity index (χ1) is 8.74. The molecule has 4 N–H and O–H groups in total. The van der Waals surface area contributed by atoms with Crippen molar-refractivity contribution in [1.82, 2.24) is 9.97 Å². The quantitative estimate of drug-likeness (QED) is 0.636. The molecule has 1 heterocycles. The lowest BCUT2D eigenvalue weighted by Gasteiger charge is -2.06. The minimum atomic E-state index is 0.428. The van der Waals surface area contributed by atoms with E-state index in [4.69, 9.17) is 11.5 Å². The highest BCUT2D eigenvalue weighted by Crippen LogP contribution is 2.27. The molecule has 0 fully saturated rings. The number of nitrogens with zero attached hydrogens (tertiary/aromatic N) is 2. The Balaban J connectivity index is 2.26. The van der Waals surface area contributed by atoms with Crippen LogP contribution in [0.1, 0.15) is 0 Å². The lowest BCUT2D eigenvalue weighted by atomic mass is 10.0. The zero-order valence-corrected chi connectivity index (χ0v) is 9.67. The molecule has 0 saturated carbocycles. The molecule has 3 rings (SSSR count). The molecule has 4 heteroatoms. The predicted molar refractivity (Wildman–Crippen MR) is 73.8 cm³/mol. The molecule has 18 heavy (non-hydrogen) atoms. The highest BCUT2D eigenvalue weighted by molar-refractivity contribution is 5.92. The Morgan fingerprint density at radius 1 is 0.889 bits per heavy atom. The fourth-order valence-corrected chi connectivity index (χ4v) is 1.95. The number of fused-ring (bicyclic) bond motifs is 1. The van der Waals surface area contributed by atoms with E-state index in [1.807, 2.05) is 42.5 Å². The van der Waals surface area contributed by atoms with E-state index >= 15 is 0 Å². The van der Waals surface area contributed by atoms with Gasteiger partial charge in [0, 0.05) is 11.3 Å². The molecule has 3 aromatic rings. The fourth-order valence-electron chi connectivity index (χ4n) is 1.95. The summed E-state index contributed by atoms with van der Waals surface area (Å²) in [4.78, 5) is 8.63. The number of benzene rings is 2. The second-order valence-corrected chi connectivity index (χ2v) is 4.09. The summed E-state index contributed by atoms with van der Waals surface area (Å²) >= 11 is 0. The molecule has 0 amide bonds. The predicted octanol–water partition coefficient (Wildman–Crippen LogP) is 2.46. The first-order valence-electron chi connectivity index (χ1n) is 5.61. The van der Waals surface area contributed by atoms with Crippen LogP contribution >= 0.6 is 0 Å². The van der Waals surface area contributed by atoms with Gasteiger partial charge in [-0.15, -0.1) is 0 Å². The highest BCUT2D eigenvalue weighted by Gasteiger charge is 2.05. The van der Waals surface area contributed by atoms with Gasteiger partial charge in [0.15, 0.2) is 0 Å². The van der Waals surface area contributed by atoms with Crippen molar-refractivity contribution < 1.29 is 0 Å². The van der Waals surface area contributed by atoms with E-state index in [9.17, 15) is 0 Å². The third-order valence-electron chi connectivity index (χ3n) is 2.81. The monoisotopic (exact) mass is 236 g/mol. The van der Waals surface area contributed by atoms with Gasteiger partial charge in [-0.25, -0.2) is 4.98 Å². The van der Waals surface area contributed by atoms with Gasteiger partial charge in [0.1, 0.15) is 5.82 Å². The zero-order chi connectivity index (χ0) is 12.5. The van der Waals surface area contributed by atoms with Gasteiger partial charge >= 0.3 is 0 Å². The molecular formula is C14H12N4. The standard InChI is InChI=1S/C14H12N4/c15-10-6-4-9(5-7-10)11-2-1-3-12-14(11)17-8-13(16)18-12/h1-8H,15H2,(H2,16,18). The molecule has 2 aromatic carbocycles. The van der Waals surface area contributed by atoms with Crippen LogP contribution < -0.4 is 11.5 Å². The third-order valence-corrected chi connectivity index (χ3v) is 2.81. The normalized spacial score (nSPS) is 10.7. The topological polar surface area (TPSA) is 77.8 Å². The van der Waals surface area contributed by atoms with Crippen molar-refractivity contribution in [3.63, 3.8) is 0 Å². The Morgan fingerprint density at radius 3 is 2.44 bits per heavy atom. The number of hydrogen-bond donors (Lipinski definition) is 2. The highest BCUT2D eigenvalue weighted by atomic mass is 14.9. The van der Waals surface area contributed by atoms with Crippen molar-refractivity contribution in [3.8, 4) is 11.1 Å². The molecule has 0 atom stereocenters. The Kier molecular flexibility index (Phi) is 2.34. The van der Waals surface area contributed by atoms with Gasteiger partial charge < -0.3 is 11.5 Å². The van der Waals surface area contributed by atoms with Crippen molar-refractivity contribution >= 4 is 22.5 Å². The molecule has 0 aliphatic heterocycles. The number of aromatic nitrogens is 2. The van der Waals surface area contributed by atoms with E-state index in [0.29, 0.717) is 5.82 Å². The van der Waals surface area contributed by atoms with Crippen molar-refractivity contribution in [3.05, 3.63) is 48.7 Å². The van der Waals surface area contributed by atoms with Gasteiger partial charge in [-0.05, 0) is 23.8 Å². The Hall–Kier alpha value is -2.62. The van der Waals surface area contributed by atoms with Crippen LogP contribution in [0.2, 0.25) is 0 Å².